The Morgan fingerprint density at radius 2 is 2.18 bits per heavy atom. The van der Waals surface area contributed by atoms with Crippen molar-refractivity contribution in [3.63, 3.8) is 0 Å². The fourth-order valence-corrected chi connectivity index (χ4v) is 2.12. The fourth-order valence-electron chi connectivity index (χ4n) is 1.69. The summed E-state index contributed by atoms with van der Waals surface area (Å²) in [5.41, 5.74) is 1.92. The molecule has 0 spiro atoms. The number of aryl methyl sites for hydroxylation is 2. The fraction of sp³-hybridized carbons (Fsp3) is 0.667. The van der Waals surface area contributed by atoms with Gasteiger partial charge in [0.2, 0.25) is 0 Å². The average Bonchev–Trinajstić information content (AvgIpc) is 2.57. The van der Waals surface area contributed by atoms with E-state index in [0.717, 1.165) is 35.4 Å². The van der Waals surface area contributed by atoms with Gasteiger partial charge in [-0.2, -0.15) is 5.10 Å². The van der Waals surface area contributed by atoms with Crippen LogP contribution >= 0.6 is 15.9 Å². The highest BCUT2D eigenvalue weighted by molar-refractivity contribution is 9.10. The van der Waals surface area contributed by atoms with Gasteiger partial charge in [0.05, 0.1) is 28.8 Å². The van der Waals surface area contributed by atoms with Crippen LogP contribution in [0.2, 0.25) is 0 Å². The first-order chi connectivity index (χ1) is 8.10. The minimum Gasteiger partial charge on any atom is -0.310 e. The molecule has 0 saturated carbocycles. The highest BCUT2D eigenvalue weighted by Crippen LogP contribution is 2.21. The molecular weight excluding hydrogens is 282 g/mol. The third kappa shape index (κ3) is 3.92. The number of carbonyl (C=O) groups excluding carboxylic acids is 1. The van der Waals surface area contributed by atoms with Crippen molar-refractivity contribution in [3.8, 4) is 0 Å². The van der Waals surface area contributed by atoms with Crippen LogP contribution in [0, 0.1) is 6.92 Å². The molecule has 0 radical (unpaired) electrons. The van der Waals surface area contributed by atoms with Crippen molar-refractivity contribution >= 4 is 21.7 Å². The Labute approximate surface area is 111 Å². The predicted molar refractivity (Wildman–Crippen MR) is 72.2 cm³/mol. The van der Waals surface area contributed by atoms with Crippen LogP contribution in [0.1, 0.15) is 31.7 Å². The molecule has 0 atom stereocenters. The summed E-state index contributed by atoms with van der Waals surface area (Å²) in [7, 11) is 0. The summed E-state index contributed by atoms with van der Waals surface area (Å²) in [5, 5.41) is 7.50. The van der Waals surface area contributed by atoms with Gasteiger partial charge in [0.25, 0.3) is 0 Å². The van der Waals surface area contributed by atoms with Gasteiger partial charge in [0.15, 0.2) is 5.78 Å². The maximum Gasteiger partial charge on any atom is 0.152 e. The summed E-state index contributed by atoms with van der Waals surface area (Å²) in [5.74, 6) is 0.203. The number of hydrogen-bond acceptors (Lipinski definition) is 3. The molecule has 0 aliphatic rings. The zero-order valence-electron chi connectivity index (χ0n) is 10.7. The normalized spacial score (nSPS) is 10.8. The van der Waals surface area contributed by atoms with Crippen LogP contribution < -0.4 is 5.32 Å². The van der Waals surface area contributed by atoms with E-state index in [1.54, 1.807) is 0 Å². The number of nitrogens with one attached hydrogen (secondary N) is 1. The van der Waals surface area contributed by atoms with Crippen LogP contribution in [-0.4, -0.2) is 28.7 Å². The number of aromatic nitrogens is 2. The lowest BCUT2D eigenvalue weighted by atomic mass is 10.2. The van der Waals surface area contributed by atoms with Gasteiger partial charge >= 0.3 is 0 Å². The predicted octanol–water partition coefficient (Wildman–Crippen LogP) is 2.09. The molecule has 0 unspecified atom stereocenters. The number of hydrogen-bond donors (Lipinski definition) is 1. The number of rotatable bonds is 7. The van der Waals surface area contributed by atoms with Crippen molar-refractivity contribution in [2.75, 3.05) is 13.1 Å². The molecule has 0 saturated heterocycles. The first-order valence-electron chi connectivity index (χ1n) is 6.04. The quantitative estimate of drug-likeness (QED) is 0.785. The van der Waals surface area contributed by atoms with E-state index in [2.05, 4.69) is 33.3 Å². The van der Waals surface area contributed by atoms with Crippen LogP contribution in [-0.2, 0) is 17.8 Å². The van der Waals surface area contributed by atoms with Crippen LogP contribution in [0.3, 0.4) is 0 Å². The van der Waals surface area contributed by atoms with Crippen molar-refractivity contribution in [1.82, 2.24) is 15.1 Å². The van der Waals surface area contributed by atoms with Gasteiger partial charge < -0.3 is 5.32 Å². The van der Waals surface area contributed by atoms with E-state index in [-0.39, 0.29) is 5.78 Å². The summed E-state index contributed by atoms with van der Waals surface area (Å²) >= 11 is 3.50. The lowest BCUT2D eigenvalue weighted by Gasteiger charge is -2.05. The number of ketones is 1. The van der Waals surface area contributed by atoms with Crippen molar-refractivity contribution in [3.05, 3.63) is 15.9 Å². The number of halogens is 1. The van der Waals surface area contributed by atoms with Crippen molar-refractivity contribution < 1.29 is 4.79 Å². The first kappa shape index (κ1) is 14.4. The van der Waals surface area contributed by atoms with Crippen LogP contribution in [0.15, 0.2) is 4.47 Å². The second kappa shape index (κ2) is 6.91. The van der Waals surface area contributed by atoms with E-state index in [9.17, 15) is 4.79 Å². The second-order valence-corrected chi connectivity index (χ2v) is 4.85. The summed E-state index contributed by atoms with van der Waals surface area (Å²) in [6.07, 6.45) is 1.48. The smallest absolute Gasteiger partial charge is 0.152 e. The molecule has 0 aromatic carbocycles. The van der Waals surface area contributed by atoms with E-state index < -0.39 is 0 Å². The molecule has 4 nitrogen and oxygen atoms in total. The van der Waals surface area contributed by atoms with Gasteiger partial charge in [-0.3, -0.25) is 9.48 Å². The largest absolute Gasteiger partial charge is 0.310 e. The molecule has 0 amide bonds. The van der Waals surface area contributed by atoms with E-state index in [1.807, 2.05) is 18.5 Å². The molecule has 1 rings (SSSR count). The third-order valence-electron chi connectivity index (χ3n) is 2.57. The minimum absolute atomic E-state index is 0.203. The monoisotopic (exact) mass is 301 g/mol. The van der Waals surface area contributed by atoms with E-state index in [0.29, 0.717) is 13.0 Å². The molecule has 0 fully saturated rings. The topological polar surface area (TPSA) is 46.9 Å². The zero-order chi connectivity index (χ0) is 12.8. The highest BCUT2D eigenvalue weighted by atomic mass is 79.9. The molecule has 0 aliphatic heterocycles. The van der Waals surface area contributed by atoms with Crippen LogP contribution in [0.5, 0.6) is 0 Å². The maximum atomic E-state index is 11.8. The van der Waals surface area contributed by atoms with Crippen molar-refractivity contribution in [2.45, 2.75) is 40.2 Å². The lowest BCUT2D eigenvalue weighted by Crippen LogP contribution is -2.25. The SMILES string of the molecule is CCCNCC(=O)Cc1c(Br)c(C)nn1CC. The second-order valence-electron chi connectivity index (χ2n) is 4.05. The molecule has 0 bridgehead atoms. The van der Waals surface area contributed by atoms with Gasteiger partial charge in [-0.25, -0.2) is 0 Å². The molecule has 1 aromatic heterocycles. The Balaban J connectivity index is 2.64. The molecule has 0 aliphatic carbocycles. The molecule has 5 heteroatoms. The van der Waals surface area contributed by atoms with Gasteiger partial charge in [0, 0.05) is 6.54 Å². The van der Waals surface area contributed by atoms with Crippen LogP contribution in [0.4, 0.5) is 0 Å². The van der Waals surface area contributed by atoms with E-state index in [4.69, 9.17) is 0 Å². The number of Topliss-reactive ketones (excluding diaryl/α,β-unsaturated/α-hetero) is 1. The van der Waals surface area contributed by atoms with Crippen molar-refractivity contribution in [2.24, 2.45) is 0 Å². The Bertz CT molecular complexity index is 387. The third-order valence-corrected chi connectivity index (χ3v) is 3.60. The molecule has 96 valence electrons. The zero-order valence-corrected chi connectivity index (χ0v) is 12.3. The Morgan fingerprint density at radius 3 is 2.76 bits per heavy atom. The van der Waals surface area contributed by atoms with Gasteiger partial charge in [-0.1, -0.05) is 6.92 Å². The summed E-state index contributed by atoms with van der Waals surface area (Å²) < 4.78 is 2.85. The first-order valence-corrected chi connectivity index (χ1v) is 6.83. The highest BCUT2D eigenvalue weighted by Gasteiger charge is 2.15. The lowest BCUT2D eigenvalue weighted by molar-refractivity contribution is -0.117. The summed E-state index contributed by atoms with van der Waals surface area (Å²) in [4.78, 5) is 11.8. The Morgan fingerprint density at radius 1 is 1.47 bits per heavy atom. The van der Waals surface area contributed by atoms with E-state index >= 15 is 0 Å². The van der Waals surface area contributed by atoms with E-state index in [1.165, 1.54) is 0 Å². The van der Waals surface area contributed by atoms with Crippen LogP contribution in [0.25, 0.3) is 0 Å². The molecular formula is C12H20BrN3O. The van der Waals surface area contributed by atoms with Crippen molar-refractivity contribution in [1.29, 1.82) is 0 Å². The number of carbonyl (C=O) groups is 1. The Kier molecular flexibility index (Phi) is 5.85. The van der Waals surface area contributed by atoms with Gasteiger partial charge in [-0.05, 0) is 42.7 Å². The maximum absolute atomic E-state index is 11.8. The minimum atomic E-state index is 0.203. The summed E-state index contributed by atoms with van der Waals surface area (Å²) in [6, 6.07) is 0. The van der Waals surface area contributed by atoms with Gasteiger partial charge in [-0.15, -0.1) is 0 Å². The average molecular weight is 302 g/mol. The molecule has 1 N–H and O–H groups in total. The number of nitrogens with zero attached hydrogens (tertiary/aromatic N) is 2. The summed E-state index contributed by atoms with van der Waals surface area (Å²) in [6.45, 7) is 8.18. The molecule has 17 heavy (non-hydrogen) atoms. The van der Waals surface area contributed by atoms with Gasteiger partial charge in [0.1, 0.15) is 0 Å². The molecule has 1 aromatic rings. The standard InChI is InChI=1S/C12H20BrN3O/c1-4-6-14-8-10(17)7-11-12(13)9(3)15-16(11)5-2/h14H,4-8H2,1-3H3. The Hall–Kier alpha value is -0.680. The molecule has 1 heterocycles.